The molecule has 1 fully saturated rings. The highest BCUT2D eigenvalue weighted by Crippen LogP contribution is 2.33. The number of hydrogen-bond donors (Lipinski definition) is 1. The summed E-state index contributed by atoms with van der Waals surface area (Å²) in [5.41, 5.74) is 0.660. The highest BCUT2D eigenvalue weighted by molar-refractivity contribution is 5.14. The molecule has 0 aliphatic carbocycles. The summed E-state index contributed by atoms with van der Waals surface area (Å²) in [6.45, 7) is 6.36. The van der Waals surface area contributed by atoms with Gasteiger partial charge in [0.25, 0.3) is 0 Å². The molecular weight excluding hydrogens is 190 g/mol. The molecule has 1 aromatic heterocycles. The van der Waals surface area contributed by atoms with Crippen LogP contribution in [0.3, 0.4) is 0 Å². The monoisotopic (exact) mass is 209 g/mol. The van der Waals surface area contributed by atoms with Gasteiger partial charge >= 0.3 is 0 Å². The summed E-state index contributed by atoms with van der Waals surface area (Å²) in [6.07, 6.45) is 5.24. The predicted octanol–water partition coefficient (Wildman–Crippen LogP) is 2.19. The largest absolute Gasteiger partial charge is 0.472 e. The Morgan fingerprint density at radius 1 is 1.40 bits per heavy atom. The van der Waals surface area contributed by atoms with E-state index in [2.05, 4.69) is 18.7 Å². The van der Waals surface area contributed by atoms with Crippen molar-refractivity contribution >= 4 is 0 Å². The molecule has 15 heavy (non-hydrogen) atoms. The molecule has 0 saturated carbocycles. The summed E-state index contributed by atoms with van der Waals surface area (Å²) in [5, 5.41) is 10.3. The highest BCUT2D eigenvalue weighted by Gasteiger charge is 2.36. The molecule has 1 atom stereocenters. The highest BCUT2D eigenvalue weighted by atomic mass is 16.3. The van der Waals surface area contributed by atoms with E-state index in [-0.39, 0.29) is 5.54 Å². The van der Waals surface area contributed by atoms with Crippen molar-refractivity contribution in [3.8, 4) is 0 Å². The first kappa shape index (κ1) is 10.7. The molecule has 0 radical (unpaired) electrons. The van der Waals surface area contributed by atoms with Gasteiger partial charge < -0.3 is 9.52 Å². The van der Waals surface area contributed by atoms with Crippen LogP contribution in [0, 0.1) is 0 Å². The molecule has 1 aliphatic rings. The van der Waals surface area contributed by atoms with Crippen molar-refractivity contribution in [2.24, 2.45) is 0 Å². The fraction of sp³-hybridized carbons (Fsp3) is 0.667. The molecule has 0 spiro atoms. The van der Waals surface area contributed by atoms with Crippen molar-refractivity contribution in [3.63, 3.8) is 0 Å². The van der Waals surface area contributed by atoms with Gasteiger partial charge in [0, 0.05) is 11.1 Å². The van der Waals surface area contributed by atoms with E-state index >= 15 is 0 Å². The Labute approximate surface area is 90.7 Å². The molecule has 84 valence electrons. The van der Waals surface area contributed by atoms with Crippen molar-refractivity contribution in [1.82, 2.24) is 4.90 Å². The zero-order chi connectivity index (χ0) is 10.9. The smallest absolute Gasteiger partial charge is 0.0999 e. The van der Waals surface area contributed by atoms with E-state index in [1.54, 1.807) is 12.5 Å². The van der Waals surface area contributed by atoms with Gasteiger partial charge in [-0.25, -0.2) is 0 Å². The number of likely N-dealkylation sites (tertiary alicyclic amines) is 1. The van der Waals surface area contributed by atoms with E-state index < -0.39 is 6.10 Å². The lowest BCUT2D eigenvalue weighted by Crippen LogP contribution is -2.46. The Hall–Kier alpha value is -0.800. The fourth-order valence-electron chi connectivity index (χ4n) is 2.30. The molecule has 1 aliphatic heterocycles. The van der Waals surface area contributed by atoms with Crippen molar-refractivity contribution < 1.29 is 9.52 Å². The van der Waals surface area contributed by atoms with Gasteiger partial charge in [-0.1, -0.05) is 0 Å². The maximum Gasteiger partial charge on any atom is 0.0999 e. The van der Waals surface area contributed by atoms with E-state index in [1.807, 2.05) is 6.07 Å². The summed E-state index contributed by atoms with van der Waals surface area (Å²) < 4.78 is 5.01. The van der Waals surface area contributed by atoms with E-state index in [0.717, 1.165) is 18.7 Å². The number of hydrogen-bond acceptors (Lipinski definition) is 3. The van der Waals surface area contributed by atoms with Crippen LogP contribution in [0.25, 0.3) is 0 Å². The van der Waals surface area contributed by atoms with Gasteiger partial charge in [0.1, 0.15) is 0 Å². The van der Waals surface area contributed by atoms with Crippen LogP contribution in [0.5, 0.6) is 0 Å². The number of furan rings is 1. The van der Waals surface area contributed by atoms with Crippen LogP contribution < -0.4 is 0 Å². The second-order valence-corrected chi connectivity index (χ2v) is 4.81. The third kappa shape index (κ3) is 1.94. The molecular formula is C12H19NO2. The molecule has 1 saturated heterocycles. The van der Waals surface area contributed by atoms with Gasteiger partial charge in [-0.15, -0.1) is 0 Å². The van der Waals surface area contributed by atoms with Gasteiger partial charge in [-0.3, -0.25) is 4.90 Å². The van der Waals surface area contributed by atoms with E-state index in [0.29, 0.717) is 0 Å². The van der Waals surface area contributed by atoms with Gasteiger partial charge in [0.05, 0.1) is 18.6 Å². The topological polar surface area (TPSA) is 36.6 Å². The number of rotatable bonds is 3. The van der Waals surface area contributed by atoms with Crippen LogP contribution >= 0.6 is 0 Å². The van der Waals surface area contributed by atoms with Crippen molar-refractivity contribution in [2.75, 3.05) is 13.1 Å². The van der Waals surface area contributed by atoms with Crippen LogP contribution in [0.4, 0.5) is 0 Å². The average Bonchev–Trinajstić information content (AvgIpc) is 2.89. The van der Waals surface area contributed by atoms with E-state index in [9.17, 15) is 5.11 Å². The Morgan fingerprint density at radius 3 is 2.60 bits per heavy atom. The lowest BCUT2D eigenvalue weighted by Gasteiger charge is -2.39. The van der Waals surface area contributed by atoms with Gasteiger partial charge in [-0.05, 0) is 45.8 Å². The molecule has 1 aromatic rings. The summed E-state index contributed by atoms with van der Waals surface area (Å²) in [6, 6.07) is 1.84. The number of aliphatic hydroxyl groups excluding tert-OH is 1. The molecule has 0 amide bonds. The molecule has 3 nitrogen and oxygen atoms in total. The minimum Gasteiger partial charge on any atom is -0.472 e. The second-order valence-electron chi connectivity index (χ2n) is 4.81. The Morgan fingerprint density at radius 2 is 2.07 bits per heavy atom. The van der Waals surface area contributed by atoms with E-state index in [4.69, 9.17) is 4.42 Å². The van der Waals surface area contributed by atoms with Crippen molar-refractivity contribution in [1.29, 1.82) is 0 Å². The third-order valence-corrected chi connectivity index (χ3v) is 3.45. The van der Waals surface area contributed by atoms with E-state index in [1.165, 1.54) is 12.8 Å². The molecule has 0 aromatic carbocycles. The standard InChI is InChI=1S/C12H19NO2/c1-12(2,13-6-3-4-7-13)11(14)10-5-8-15-9-10/h5,8-9,11,14H,3-4,6-7H2,1-2H3. The minimum absolute atomic E-state index is 0.208. The lowest BCUT2D eigenvalue weighted by atomic mass is 9.91. The molecule has 1 unspecified atom stereocenters. The Kier molecular flexibility index (Phi) is 2.85. The quantitative estimate of drug-likeness (QED) is 0.829. The molecule has 0 bridgehead atoms. The summed E-state index contributed by atoms with van der Waals surface area (Å²) in [4.78, 5) is 2.35. The molecule has 3 heteroatoms. The second kappa shape index (κ2) is 3.99. The first-order chi connectivity index (χ1) is 7.12. The van der Waals surface area contributed by atoms with Crippen LogP contribution in [0.15, 0.2) is 23.0 Å². The lowest BCUT2D eigenvalue weighted by molar-refractivity contribution is 0.00101. The summed E-state index contributed by atoms with van der Waals surface area (Å²) in [7, 11) is 0. The first-order valence-corrected chi connectivity index (χ1v) is 5.57. The van der Waals surface area contributed by atoms with Gasteiger partial charge in [0.2, 0.25) is 0 Å². The molecule has 1 N–H and O–H groups in total. The van der Waals surface area contributed by atoms with Crippen LogP contribution in [0.2, 0.25) is 0 Å². The SMILES string of the molecule is CC(C)(C(O)c1ccoc1)N1CCCC1. The fourth-order valence-corrected chi connectivity index (χ4v) is 2.30. The normalized spacial score (nSPS) is 20.7. The number of nitrogens with zero attached hydrogens (tertiary/aromatic N) is 1. The summed E-state index contributed by atoms with van der Waals surface area (Å²) in [5.74, 6) is 0. The average molecular weight is 209 g/mol. The van der Waals surface area contributed by atoms with Crippen molar-refractivity contribution in [3.05, 3.63) is 24.2 Å². The zero-order valence-corrected chi connectivity index (χ0v) is 9.44. The first-order valence-electron chi connectivity index (χ1n) is 5.57. The minimum atomic E-state index is -0.477. The Bertz CT molecular complexity index is 299. The van der Waals surface area contributed by atoms with Crippen molar-refractivity contribution in [2.45, 2.75) is 38.3 Å². The van der Waals surface area contributed by atoms with Crippen LogP contribution in [-0.2, 0) is 0 Å². The maximum absolute atomic E-state index is 10.3. The molecule has 2 rings (SSSR count). The van der Waals surface area contributed by atoms with Gasteiger partial charge in [0.15, 0.2) is 0 Å². The summed E-state index contributed by atoms with van der Waals surface area (Å²) >= 11 is 0. The van der Waals surface area contributed by atoms with Crippen LogP contribution in [-0.4, -0.2) is 28.6 Å². The zero-order valence-electron chi connectivity index (χ0n) is 9.44. The third-order valence-electron chi connectivity index (χ3n) is 3.45. The van der Waals surface area contributed by atoms with Gasteiger partial charge in [-0.2, -0.15) is 0 Å². The Balaban J connectivity index is 2.13. The predicted molar refractivity (Wildman–Crippen MR) is 58.6 cm³/mol. The number of aliphatic hydroxyl groups is 1. The molecule has 2 heterocycles. The van der Waals surface area contributed by atoms with Crippen LogP contribution in [0.1, 0.15) is 38.4 Å². The maximum atomic E-state index is 10.3.